The van der Waals surface area contributed by atoms with Gasteiger partial charge in [-0.2, -0.15) is 0 Å². The summed E-state index contributed by atoms with van der Waals surface area (Å²) >= 11 is 2.63. The van der Waals surface area contributed by atoms with Gasteiger partial charge in [-0.25, -0.2) is 0 Å². The quantitative estimate of drug-likeness (QED) is 0.421. The van der Waals surface area contributed by atoms with Gasteiger partial charge in [0, 0.05) is 6.54 Å². The lowest BCUT2D eigenvalue weighted by Crippen LogP contribution is -2.15. The zero-order valence-corrected chi connectivity index (χ0v) is 17.2. The van der Waals surface area contributed by atoms with Crippen LogP contribution in [0.1, 0.15) is 23.9 Å². The smallest absolute Gasteiger partial charge is 0.236 e. The third-order valence-corrected chi connectivity index (χ3v) is 5.30. The van der Waals surface area contributed by atoms with E-state index >= 15 is 0 Å². The van der Waals surface area contributed by atoms with Crippen LogP contribution in [-0.4, -0.2) is 36.6 Å². The summed E-state index contributed by atoms with van der Waals surface area (Å²) in [7, 11) is 0. The maximum absolute atomic E-state index is 12.2. The molecule has 0 aliphatic rings. The average molecular weight is 417 g/mol. The maximum atomic E-state index is 12.2. The van der Waals surface area contributed by atoms with Crippen LogP contribution in [0, 0.1) is 6.92 Å². The lowest BCUT2D eigenvalue weighted by Gasteiger charge is -2.15. The Bertz CT molecular complexity index is 941. The predicted molar refractivity (Wildman–Crippen MR) is 110 cm³/mol. The third-order valence-electron chi connectivity index (χ3n) is 3.58. The number of hydrogen-bond donors (Lipinski definition) is 1. The normalized spacial score (nSPS) is 11.8. The molecule has 0 saturated heterocycles. The van der Waals surface area contributed by atoms with E-state index in [9.17, 15) is 4.79 Å². The van der Waals surface area contributed by atoms with Crippen LogP contribution in [0.3, 0.4) is 0 Å². The number of ether oxygens (including phenoxy) is 1. The Balaban J connectivity index is 1.66. The number of rotatable bonds is 9. The molecule has 3 aromatic rings. The number of aryl methyl sites for hydroxylation is 1. The van der Waals surface area contributed by atoms with E-state index in [2.05, 4.69) is 32.3 Å². The van der Waals surface area contributed by atoms with Gasteiger partial charge in [0.15, 0.2) is 17.1 Å². The van der Waals surface area contributed by atoms with Crippen molar-refractivity contribution in [3.63, 3.8) is 0 Å². The van der Waals surface area contributed by atoms with Gasteiger partial charge in [-0.05, 0) is 26.0 Å². The van der Waals surface area contributed by atoms with Crippen molar-refractivity contribution >= 4 is 34.1 Å². The van der Waals surface area contributed by atoms with Gasteiger partial charge < -0.3 is 4.74 Å². The number of para-hydroxylation sites is 1. The van der Waals surface area contributed by atoms with Crippen LogP contribution in [0.5, 0.6) is 5.75 Å². The Morgan fingerprint density at radius 1 is 1.32 bits per heavy atom. The Labute approximate surface area is 171 Å². The molecule has 1 N–H and O–H groups in total. The minimum absolute atomic E-state index is 0.176. The molecule has 10 heteroatoms. The summed E-state index contributed by atoms with van der Waals surface area (Å²) in [6.07, 6.45) is 1.46. The zero-order valence-electron chi connectivity index (χ0n) is 15.5. The third kappa shape index (κ3) is 5.17. The Kier molecular flexibility index (Phi) is 6.77. The van der Waals surface area contributed by atoms with E-state index in [4.69, 9.17) is 4.74 Å². The first-order valence-corrected chi connectivity index (χ1v) is 10.4. The summed E-state index contributed by atoms with van der Waals surface area (Å²) in [4.78, 5) is 12.2. The Morgan fingerprint density at radius 2 is 2.11 bits per heavy atom. The highest BCUT2D eigenvalue weighted by atomic mass is 32.2. The standard InChI is InChI=1S/C18H20N6O2S2/c1-4-10-24-16(12(2)26-14-8-6-5-7-9-14)21-23-18(24)27-11-15(25)19-17-22-20-13(3)28-17/h4-9,12H,1,10-11H2,2-3H3,(H,19,22,25). The lowest BCUT2D eigenvalue weighted by atomic mass is 10.3. The van der Waals surface area contributed by atoms with Crippen molar-refractivity contribution in [2.45, 2.75) is 31.7 Å². The van der Waals surface area contributed by atoms with Crippen molar-refractivity contribution in [1.82, 2.24) is 25.0 Å². The molecule has 1 amide bonds. The topological polar surface area (TPSA) is 94.8 Å². The van der Waals surface area contributed by atoms with Gasteiger partial charge in [0.25, 0.3) is 0 Å². The van der Waals surface area contributed by atoms with Gasteiger partial charge >= 0.3 is 0 Å². The van der Waals surface area contributed by atoms with E-state index in [0.717, 1.165) is 10.8 Å². The first-order chi connectivity index (χ1) is 13.6. The molecule has 0 aliphatic carbocycles. The van der Waals surface area contributed by atoms with Crippen molar-refractivity contribution < 1.29 is 9.53 Å². The molecule has 3 rings (SSSR count). The fraction of sp³-hybridized carbons (Fsp3) is 0.278. The number of carbonyl (C=O) groups is 1. The number of amides is 1. The van der Waals surface area contributed by atoms with Gasteiger partial charge in [-0.1, -0.05) is 47.4 Å². The molecule has 0 aliphatic heterocycles. The fourth-order valence-corrected chi connectivity index (χ4v) is 3.76. The highest BCUT2D eigenvalue weighted by Gasteiger charge is 2.20. The fourth-order valence-electron chi connectivity index (χ4n) is 2.40. The van der Waals surface area contributed by atoms with Crippen molar-refractivity contribution in [1.29, 1.82) is 0 Å². The molecule has 28 heavy (non-hydrogen) atoms. The van der Waals surface area contributed by atoms with E-state index < -0.39 is 0 Å². The lowest BCUT2D eigenvalue weighted by molar-refractivity contribution is -0.113. The Hall–Kier alpha value is -2.72. The van der Waals surface area contributed by atoms with Crippen LogP contribution >= 0.6 is 23.1 Å². The summed E-state index contributed by atoms with van der Waals surface area (Å²) in [5.74, 6) is 1.43. The second kappa shape index (κ2) is 9.47. The monoisotopic (exact) mass is 416 g/mol. The van der Waals surface area contributed by atoms with Crippen LogP contribution in [0.15, 0.2) is 48.1 Å². The molecule has 1 atom stereocenters. The van der Waals surface area contributed by atoms with Crippen LogP contribution in [0.25, 0.3) is 0 Å². The number of aromatic nitrogens is 5. The van der Waals surface area contributed by atoms with Crippen LogP contribution < -0.4 is 10.1 Å². The van der Waals surface area contributed by atoms with Crippen LogP contribution in [-0.2, 0) is 11.3 Å². The zero-order chi connectivity index (χ0) is 19.9. The number of thioether (sulfide) groups is 1. The molecular weight excluding hydrogens is 396 g/mol. The summed E-state index contributed by atoms with van der Waals surface area (Å²) in [5.41, 5.74) is 0. The SMILES string of the molecule is C=CCn1c(SCC(=O)Nc2nnc(C)s2)nnc1C(C)Oc1ccccc1. The van der Waals surface area contributed by atoms with Gasteiger partial charge in [0.1, 0.15) is 10.8 Å². The van der Waals surface area contributed by atoms with E-state index in [1.807, 2.05) is 48.7 Å². The number of nitrogens with zero attached hydrogens (tertiary/aromatic N) is 5. The van der Waals surface area contributed by atoms with Gasteiger partial charge in [-0.15, -0.1) is 27.0 Å². The van der Waals surface area contributed by atoms with Crippen LogP contribution in [0.4, 0.5) is 5.13 Å². The van der Waals surface area contributed by atoms with E-state index in [1.54, 1.807) is 6.08 Å². The van der Waals surface area contributed by atoms with E-state index in [1.165, 1.54) is 23.1 Å². The number of allylic oxidation sites excluding steroid dienone is 1. The second-order valence-corrected chi connectivity index (χ2v) is 7.90. The minimum atomic E-state index is -0.303. The molecule has 0 fully saturated rings. The highest BCUT2D eigenvalue weighted by molar-refractivity contribution is 7.99. The highest BCUT2D eigenvalue weighted by Crippen LogP contribution is 2.25. The summed E-state index contributed by atoms with van der Waals surface area (Å²) in [6.45, 7) is 8.06. The molecular formula is C18H20N6O2S2. The Morgan fingerprint density at radius 3 is 2.79 bits per heavy atom. The molecule has 0 spiro atoms. The molecule has 8 nitrogen and oxygen atoms in total. The molecule has 0 bridgehead atoms. The molecule has 0 radical (unpaired) electrons. The first kappa shape index (κ1) is 20.0. The van der Waals surface area contributed by atoms with E-state index in [0.29, 0.717) is 22.7 Å². The minimum Gasteiger partial charge on any atom is -0.483 e. The van der Waals surface area contributed by atoms with Crippen molar-refractivity contribution in [2.24, 2.45) is 0 Å². The van der Waals surface area contributed by atoms with Gasteiger partial charge in [0.2, 0.25) is 11.0 Å². The first-order valence-electron chi connectivity index (χ1n) is 8.55. The summed E-state index contributed by atoms with van der Waals surface area (Å²) in [5, 5.41) is 20.9. The maximum Gasteiger partial charge on any atom is 0.236 e. The molecule has 1 aromatic carbocycles. The molecule has 2 heterocycles. The predicted octanol–water partition coefficient (Wildman–Crippen LogP) is 3.49. The molecule has 0 saturated carbocycles. The molecule has 146 valence electrons. The van der Waals surface area contributed by atoms with Crippen molar-refractivity contribution in [3.05, 3.63) is 53.8 Å². The molecule has 2 aromatic heterocycles. The van der Waals surface area contributed by atoms with Crippen molar-refractivity contribution in [3.8, 4) is 5.75 Å². The van der Waals surface area contributed by atoms with Crippen LogP contribution in [0.2, 0.25) is 0 Å². The second-order valence-electron chi connectivity index (χ2n) is 5.78. The number of hydrogen-bond acceptors (Lipinski definition) is 8. The van der Waals surface area contributed by atoms with Crippen molar-refractivity contribution in [2.75, 3.05) is 11.1 Å². The number of carbonyl (C=O) groups excluding carboxylic acids is 1. The average Bonchev–Trinajstić information content (AvgIpc) is 3.27. The van der Waals surface area contributed by atoms with Gasteiger partial charge in [0.05, 0.1) is 5.75 Å². The number of benzene rings is 1. The molecule has 1 unspecified atom stereocenters. The number of anilines is 1. The number of nitrogens with one attached hydrogen (secondary N) is 1. The summed E-state index contributed by atoms with van der Waals surface area (Å²) < 4.78 is 7.84. The summed E-state index contributed by atoms with van der Waals surface area (Å²) in [6, 6.07) is 9.53. The van der Waals surface area contributed by atoms with Gasteiger partial charge in [-0.3, -0.25) is 14.7 Å². The largest absolute Gasteiger partial charge is 0.483 e. The van der Waals surface area contributed by atoms with E-state index in [-0.39, 0.29) is 17.8 Å².